The summed E-state index contributed by atoms with van der Waals surface area (Å²) in [6.45, 7) is 0. The largest absolute Gasteiger partial charge is 0.254 e. The highest BCUT2D eigenvalue weighted by Gasteiger charge is 1.96. The highest BCUT2D eigenvalue weighted by Crippen LogP contribution is 2.11. The van der Waals surface area contributed by atoms with Gasteiger partial charge in [-0.25, -0.2) is 8.42 Å². The van der Waals surface area contributed by atoms with E-state index in [1.165, 1.54) is 6.08 Å². The lowest BCUT2D eigenvalue weighted by Crippen LogP contribution is -1.83. The van der Waals surface area contributed by atoms with Crippen molar-refractivity contribution >= 4 is 31.3 Å². The minimum Gasteiger partial charge on any atom is -0.208 e. The van der Waals surface area contributed by atoms with Crippen molar-refractivity contribution in [1.82, 2.24) is 0 Å². The third kappa shape index (κ3) is 4.65. The molecule has 0 aliphatic carbocycles. The van der Waals surface area contributed by atoms with Crippen molar-refractivity contribution in [3.05, 3.63) is 46.3 Å². The van der Waals surface area contributed by atoms with E-state index in [1.807, 2.05) is 6.07 Å². The van der Waals surface area contributed by atoms with Gasteiger partial charge >= 0.3 is 0 Å². The quantitative estimate of drug-likeness (QED) is 0.774. The lowest BCUT2D eigenvalue weighted by Gasteiger charge is -1.95. The summed E-state index contributed by atoms with van der Waals surface area (Å²) >= 11 is 5.75. The van der Waals surface area contributed by atoms with Crippen molar-refractivity contribution in [3.63, 3.8) is 0 Å². The van der Waals surface area contributed by atoms with Crippen molar-refractivity contribution < 1.29 is 8.42 Å². The van der Waals surface area contributed by atoms with Crippen LogP contribution < -0.4 is 0 Å². The summed E-state index contributed by atoms with van der Waals surface area (Å²) in [7, 11) is 1.44. The Bertz CT molecular complexity index is 438. The molecule has 0 unspecified atom stereocenters. The van der Waals surface area contributed by atoms with E-state index in [0.717, 1.165) is 11.0 Å². The molecule has 0 spiro atoms. The summed E-state index contributed by atoms with van der Waals surface area (Å²) in [6.07, 6.45) is 1.97. The van der Waals surface area contributed by atoms with Crippen molar-refractivity contribution in [2.24, 2.45) is 0 Å². The zero-order chi connectivity index (χ0) is 10.6. The maximum absolute atomic E-state index is 10.5. The zero-order valence-electron chi connectivity index (χ0n) is 7.15. The van der Waals surface area contributed by atoms with E-state index in [4.69, 9.17) is 22.3 Å². The van der Waals surface area contributed by atoms with Crippen LogP contribution in [0.4, 0.5) is 0 Å². The van der Waals surface area contributed by atoms with Crippen LogP contribution >= 0.6 is 22.3 Å². The fourth-order valence-electron chi connectivity index (χ4n) is 0.963. The molecule has 0 radical (unpaired) electrons. The molecule has 76 valence electrons. The molecule has 0 saturated carbocycles. The van der Waals surface area contributed by atoms with Gasteiger partial charge in [0.1, 0.15) is 0 Å². The number of rotatable bonds is 3. The van der Waals surface area contributed by atoms with Crippen LogP contribution in [0.2, 0.25) is 5.02 Å². The van der Waals surface area contributed by atoms with Crippen molar-refractivity contribution in [2.45, 2.75) is 6.42 Å². The lowest BCUT2D eigenvalue weighted by atomic mass is 10.2. The second kappa shape index (κ2) is 4.82. The number of hydrogen-bond donors (Lipinski definition) is 0. The molecule has 1 aromatic rings. The summed E-state index contributed by atoms with van der Waals surface area (Å²) < 4.78 is 21.1. The standard InChI is InChI=1S/C9H8Cl2O2S/c10-9-5-1-3-8(7-9)4-2-6-14(11,12)13/h1-3,5-7H,4H2/b6-2-. The normalized spacial score (nSPS) is 12.1. The van der Waals surface area contributed by atoms with Gasteiger partial charge < -0.3 is 0 Å². The monoisotopic (exact) mass is 250 g/mol. The van der Waals surface area contributed by atoms with Gasteiger partial charge in [0.15, 0.2) is 0 Å². The molecule has 0 fully saturated rings. The average Bonchev–Trinajstić information content (AvgIpc) is 2.01. The molecule has 0 bridgehead atoms. The maximum Gasteiger partial charge on any atom is 0.254 e. The van der Waals surface area contributed by atoms with Crippen molar-refractivity contribution in [2.75, 3.05) is 0 Å². The zero-order valence-corrected chi connectivity index (χ0v) is 9.48. The number of allylic oxidation sites excluding steroid dienone is 1. The molecule has 0 aromatic heterocycles. The molecule has 1 aromatic carbocycles. The topological polar surface area (TPSA) is 34.1 Å². The summed E-state index contributed by atoms with van der Waals surface area (Å²) in [5.41, 5.74) is 0.939. The van der Waals surface area contributed by atoms with Crippen LogP contribution in [-0.4, -0.2) is 8.42 Å². The Morgan fingerprint density at radius 2 is 2.07 bits per heavy atom. The van der Waals surface area contributed by atoms with E-state index in [2.05, 4.69) is 0 Å². The van der Waals surface area contributed by atoms with Gasteiger partial charge in [-0.1, -0.05) is 29.8 Å². The first-order valence-electron chi connectivity index (χ1n) is 3.83. The summed E-state index contributed by atoms with van der Waals surface area (Å²) in [6, 6.07) is 7.19. The lowest BCUT2D eigenvalue weighted by molar-refractivity contribution is 0.617. The first-order chi connectivity index (χ1) is 6.47. The Balaban J connectivity index is 2.67. The molecule has 0 aliphatic heterocycles. The Morgan fingerprint density at radius 3 is 2.64 bits per heavy atom. The molecule has 5 heteroatoms. The fraction of sp³-hybridized carbons (Fsp3) is 0.111. The molecule has 0 atom stereocenters. The van der Waals surface area contributed by atoms with Gasteiger partial charge in [-0.15, -0.1) is 0 Å². The van der Waals surface area contributed by atoms with Crippen LogP contribution in [-0.2, 0) is 15.5 Å². The Labute approximate surface area is 92.6 Å². The average molecular weight is 251 g/mol. The van der Waals surface area contributed by atoms with Crippen molar-refractivity contribution in [3.8, 4) is 0 Å². The van der Waals surface area contributed by atoms with E-state index >= 15 is 0 Å². The smallest absolute Gasteiger partial charge is 0.208 e. The highest BCUT2D eigenvalue weighted by molar-refractivity contribution is 8.16. The minimum absolute atomic E-state index is 0.493. The Morgan fingerprint density at radius 1 is 1.36 bits per heavy atom. The van der Waals surface area contributed by atoms with E-state index < -0.39 is 9.05 Å². The molecule has 0 heterocycles. The predicted molar refractivity (Wildman–Crippen MR) is 59.1 cm³/mol. The summed E-state index contributed by atoms with van der Waals surface area (Å²) in [4.78, 5) is 0. The molecule has 0 amide bonds. The van der Waals surface area contributed by atoms with Gasteiger partial charge in [-0.05, 0) is 24.1 Å². The minimum atomic E-state index is -3.55. The van der Waals surface area contributed by atoms with Crippen LogP contribution in [0.1, 0.15) is 5.56 Å². The van der Waals surface area contributed by atoms with E-state index in [0.29, 0.717) is 11.4 Å². The molecule has 0 aliphatic rings. The summed E-state index contributed by atoms with van der Waals surface area (Å²) in [5.74, 6) is 0. The molecular formula is C9H8Cl2O2S. The Kier molecular flexibility index (Phi) is 3.98. The first kappa shape index (κ1) is 11.6. The van der Waals surface area contributed by atoms with Gasteiger partial charge in [0.2, 0.25) is 0 Å². The van der Waals surface area contributed by atoms with Crippen molar-refractivity contribution in [1.29, 1.82) is 0 Å². The van der Waals surface area contributed by atoms with Gasteiger partial charge in [-0.3, -0.25) is 0 Å². The molecule has 1 rings (SSSR count). The van der Waals surface area contributed by atoms with Gasteiger partial charge in [0.25, 0.3) is 9.05 Å². The Hall–Kier alpha value is -0.510. The van der Waals surface area contributed by atoms with Crippen LogP contribution in [0.25, 0.3) is 0 Å². The van der Waals surface area contributed by atoms with Crippen LogP contribution in [0.15, 0.2) is 35.7 Å². The van der Waals surface area contributed by atoms with Crippen LogP contribution in [0, 0.1) is 0 Å². The van der Waals surface area contributed by atoms with E-state index in [-0.39, 0.29) is 0 Å². The SMILES string of the molecule is O=S(=O)(Cl)/C=C\Cc1cccc(Cl)c1. The number of halogens is 2. The van der Waals surface area contributed by atoms with Crippen LogP contribution in [0.5, 0.6) is 0 Å². The van der Waals surface area contributed by atoms with E-state index in [9.17, 15) is 8.42 Å². The first-order valence-corrected chi connectivity index (χ1v) is 6.58. The molecular weight excluding hydrogens is 243 g/mol. The molecule has 0 N–H and O–H groups in total. The molecule has 2 nitrogen and oxygen atoms in total. The molecule has 14 heavy (non-hydrogen) atoms. The third-order valence-corrected chi connectivity index (χ3v) is 2.56. The van der Waals surface area contributed by atoms with Gasteiger partial charge in [0.05, 0.1) is 0 Å². The third-order valence-electron chi connectivity index (χ3n) is 1.50. The van der Waals surface area contributed by atoms with E-state index in [1.54, 1.807) is 18.2 Å². The predicted octanol–water partition coefficient (Wildman–Crippen LogP) is 2.96. The van der Waals surface area contributed by atoms with Crippen LogP contribution in [0.3, 0.4) is 0 Å². The second-order valence-corrected chi connectivity index (χ2v) is 5.63. The molecule has 0 saturated heterocycles. The van der Waals surface area contributed by atoms with Gasteiger partial charge in [-0.2, -0.15) is 0 Å². The number of hydrogen-bond acceptors (Lipinski definition) is 2. The van der Waals surface area contributed by atoms with Gasteiger partial charge in [0, 0.05) is 21.1 Å². The highest BCUT2D eigenvalue weighted by atomic mass is 35.7. The fourth-order valence-corrected chi connectivity index (χ4v) is 1.72. The summed E-state index contributed by atoms with van der Waals surface area (Å²) in [5, 5.41) is 1.60. The number of benzene rings is 1. The second-order valence-electron chi connectivity index (χ2n) is 2.68. The maximum atomic E-state index is 10.5.